The van der Waals surface area contributed by atoms with Crippen molar-refractivity contribution < 1.29 is 9.53 Å². The van der Waals surface area contributed by atoms with Gasteiger partial charge in [0.05, 0.1) is 13.0 Å². The maximum absolute atomic E-state index is 11.8. The Hall–Kier alpha value is -1.35. The Kier molecular flexibility index (Phi) is 4.02. The van der Waals surface area contributed by atoms with Crippen molar-refractivity contribution in [3.63, 3.8) is 0 Å². The lowest BCUT2D eigenvalue weighted by atomic mass is 9.87. The second kappa shape index (κ2) is 5.53. The predicted molar refractivity (Wildman–Crippen MR) is 71.6 cm³/mol. The highest BCUT2D eigenvalue weighted by molar-refractivity contribution is 5.74. The van der Waals surface area contributed by atoms with Crippen LogP contribution < -0.4 is 5.32 Å². The molecule has 0 spiro atoms. The van der Waals surface area contributed by atoms with Crippen LogP contribution in [-0.2, 0) is 9.53 Å². The number of esters is 1. The van der Waals surface area contributed by atoms with E-state index in [-0.39, 0.29) is 17.8 Å². The highest BCUT2D eigenvalue weighted by atomic mass is 16.5. The van der Waals surface area contributed by atoms with Crippen LogP contribution in [0.25, 0.3) is 0 Å². The van der Waals surface area contributed by atoms with E-state index in [1.54, 1.807) is 0 Å². The van der Waals surface area contributed by atoms with Crippen molar-refractivity contribution in [1.82, 2.24) is 5.32 Å². The zero-order chi connectivity index (χ0) is 13.1. The molecule has 1 saturated heterocycles. The van der Waals surface area contributed by atoms with Crippen molar-refractivity contribution in [2.24, 2.45) is 5.92 Å². The topological polar surface area (TPSA) is 38.3 Å². The molecule has 3 nitrogen and oxygen atoms in total. The van der Waals surface area contributed by atoms with Gasteiger partial charge in [-0.1, -0.05) is 38.1 Å². The van der Waals surface area contributed by atoms with Gasteiger partial charge in [-0.15, -0.1) is 0 Å². The highest BCUT2D eigenvalue weighted by Gasteiger charge is 2.34. The lowest BCUT2D eigenvalue weighted by Crippen LogP contribution is -2.23. The first-order valence-electron chi connectivity index (χ1n) is 6.52. The molecular formula is C15H21NO2. The largest absolute Gasteiger partial charge is 0.469 e. The van der Waals surface area contributed by atoms with Crippen molar-refractivity contribution >= 4 is 5.97 Å². The molecule has 1 unspecified atom stereocenters. The highest BCUT2D eigenvalue weighted by Crippen LogP contribution is 2.30. The molecule has 0 radical (unpaired) electrons. The van der Waals surface area contributed by atoms with Gasteiger partial charge in [0.25, 0.3) is 0 Å². The summed E-state index contributed by atoms with van der Waals surface area (Å²) in [7, 11) is 1.46. The van der Waals surface area contributed by atoms with Gasteiger partial charge in [-0.05, 0) is 17.0 Å². The summed E-state index contributed by atoms with van der Waals surface area (Å²) in [5, 5.41) is 3.28. The standard InChI is InChI=1S/C15H21NO2/c1-10(2)11-5-4-6-12(7-11)13-8-16-9-14(13)15(17)18-3/h4-7,10,13-14,16H,8-9H2,1-3H3/t13?,14-/m0/s1. The summed E-state index contributed by atoms with van der Waals surface area (Å²) in [5.74, 6) is 0.574. The van der Waals surface area contributed by atoms with Crippen molar-refractivity contribution in [2.45, 2.75) is 25.7 Å². The van der Waals surface area contributed by atoms with E-state index < -0.39 is 0 Å². The second-order valence-electron chi connectivity index (χ2n) is 5.22. The van der Waals surface area contributed by atoms with Crippen LogP contribution in [0.3, 0.4) is 0 Å². The van der Waals surface area contributed by atoms with E-state index >= 15 is 0 Å². The summed E-state index contributed by atoms with van der Waals surface area (Å²) >= 11 is 0. The first-order chi connectivity index (χ1) is 8.63. The lowest BCUT2D eigenvalue weighted by molar-refractivity contribution is -0.145. The Balaban J connectivity index is 2.24. The van der Waals surface area contributed by atoms with Gasteiger partial charge >= 0.3 is 5.97 Å². The molecule has 18 heavy (non-hydrogen) atoms. The van der Waals surface area contributed by atoms with E-state index in [0.29, 0.717) is 12.5 Å². The van der Waals surface area contributed by atoms with Gasteiger partial charge in [-0.25, -0.2) is 0 Å². The van der Waals surface area contributed by atoms with Crippen molar-refractivity contribution in [2.75, 3.05) is 20.2 Å². The average molecular weight is 247 g/mol. The van der Waals surface area contributed by atoms with Gasteiger partial charge in [0.2, 0.25) is 0 Å². The number of hydrogen-bond donors (Lipinski definition) is 1. The Morgan fingerprint density at radius 1 is 1.39 bits per heavy atom. The van der Waals surface area contributed by atoms with E-state index in [2.05, 4.69) is 43.4 Å². The molecule has 98 valence electrons. The Labute approximate surface area is 109 Å². The summed E-state index contributed by atoms with van der Waals surface area (Å²) in [6, 6.07) is 8.55. The molecule has 3 heteroatoms. The van der Waals surface area contributed by atoms with Crippen LogP contribution in [0, 0.1) is 5.92 Å². The molecule has 1 fully saturated rings. The fourth-order valence-corrected chi connectivity index (χ4v) is 2.58. The van der Waals surface area contributed by atoms with Crippen LogP contribution in [0.15, 0.2) is 24.3 Å². The molecule has 1 N–H and O–H groups in total. The van der Waals surface area contributed by atoms with Crippen LogP contribution in [0.4, 0.5) is 0 Å². The second-order valence-corrected chi connectivity index (χ2v) is 5.22. The van der Waals surface area contributed by atoms with Gasteiger partial charge in [0.1, 0.15) is 0 Å². The summed E-state index contributed by atoms with van der Waals surface area (Å²) in [6.45, 7) is 5.93. The van der Waals surface area contributed by atoms with Gasteiger partial charge in [0, 0.05) is 19.0 Å². The van der Waals surface area contributed by atoms with Gasteiger partial charge in [-0.2, -0.15) is 0 Å². The summed E-state index contributed by atoms with van der Waals surface area (Å²) in [5.41, 5.74) is 2.56. The van der Waals surface area contributed by atoms with E-state index in [9.17, 15) is 4.79 Å². The molecule has 0 amide bonds. The number of carbonyl (C=O) groups is 1. The number of ether oxygens (including phenoxy) is 1. The van der Waals surface area contributed by atoms with Crippen molar-refractivity contribution in [3.8, 4) is 0 Å². The molecule has 0 aromatic heterocycles. The van der Waals surface area contributed by atoms with Crippen LogP contribution in [-0.4, -0.2) is 26.2 Å². The third-order valence-electron chi connectivity index (χ3n) is 3.72. The molecule has 1 heterocycles. The number of rotatable bonds is 3. The minimum absolute atomic E-state index is 0.0580. The maximum Gasteiger partial charge on any atom is 0.310 e. The number of methoxy groups -OCH3 is 1. The number of carbonyl (C=O) groups excluding carboxylic acids is 1. The molecule has 0 aliphatic carbocycles. The van der Waals surface area contributed by atoms with E-state index in [4.69, 9.17) is 4.74 Å². The first-order valence-corrected chi connectivity index (χ1v) is 6.52. The van der Waals surface area contributed by atoms with E-state index in [0.717, 1.165) is 6.54 Å². The lowest BCUT2D eigenvalue weighted by Gasteiger charge is -2.18. The van der Waals surface area contributed by atoms with Crippen LogP contribution in [0.5, 0.6) is 0 Å². The average Bonchev–Trinajstić information content (AvgIpc) is 2.87. The third kappa shape index (κ3) is 2.56. The monoisotopic (exact) mass is 247 g/mol. The smallest absolute Gasteiger partial charge is 0.310 e. The molecule has 2 rings (SSSR count). The van der Waals surface area contributed by atoms with Crippen LogP contribution in [0.1, 0.15) is 36.8 Å². The van der Waals surface area contributed by atoms with Crippen molar-refractivity contribution in [1.29, 1.82) is 0 Å². The molecule has 1 aliphatic heterocycles. The number of hydrogen-bond acceptors (Lipinski definition) is 3. The summed E-state index contributed by atoms with van der Waals surface area (Å²) in [6.07, 6.45) is 0. The SMILES string of the molecule is COC(=O)[C@H]1CNCC1c1cccc(C(C)C)c1. The van der Waals surface area contributed by atoms with Crippen molar-refractivity contribution in [3.05, 3.63) is 35.4 Å². The molecule has 1 aliphatic rings. The van der Waals surface area contributed by atoms with E-state index in [1.165, 1.54) is 18.2 Å². The number of nitrogens with one attached hydrogen (secondary N) is 1. The van der Waals surface area contributed by atoms with Gasteiger partial charge < -0.3 is 10.1 Å². The number of benzene rings is 1. The molecule has 1 aromatic rings. The first kappa shape index (κ1) is 13.1. The normalized spacial score (nSPS) is 23.3. The predicted octanol–water partition coefficient (Wildman–Crippen LogP) is 2.29. The molecule has 1 aromatic carbocycles. The minimum Gasteiger partial charge on any atom is -0.469 e. The summed E-state index contributed by atoms with van der Waals surface area (Å²) in [4.78, 5) is 11.8. The maximum atomic E-state index is 11.8. The van der Waals surface area contributed by atoms with Crippen LogP contribution in [0.2, 0.25) is 0 Å². The molecule has 2 atom stereocenters. The van der Waals surface area contributed by atoms with E-state index in [1.807, 2.05) is 0 Å². The van der Waals surface area contributed by atoms with Gasteiger partial charge in [-0.3, -0.25) is 4.79 Å². The fraction of sp³-hybridized carbons (Fsp3) is 0.533. The molecule has 0 saturated carbocycles. The quantitative estimate of drug-likeness (QED) is 0.833. The third-order valence-corrected chi connectivity index (χ3v) is 3.72. The fourth-order valence-electron chi connectivity index (χ4n) is 2.58. The minimum atomic E-state index is -0.111. The molecule has 0 bridgehead atoms. The summed E-state index contributed by atoms with van der Waals surface area (Å²) < 4.78 is 4.88. The zero-order valence-electron chi connectivity index (χ0n) is 11.3. The Morgan fingerprint density at radius 3 is 2.83 bits per heavy atom. The Bertz CT molecular complexity index is 428. The van der Waals surface area contributed by atoms with Crippen LogP contribution >= 0.6 is 0 Å². The Morgan fingerprint density at radius 2 is 2.17 bits per heavy atom. The van der Waals surface area contributed by atoms with Gasteiger partial charge in [0.15, 0.2) is 0 Å². The zero-order valence-corrected chi connectivity index (χ0v) is 11.3. The molecular weight excluding hydrogens is 226 g/mol.